The summed E-state index contributed by atoms with van der Waals surface area (Å²) in [5.74, 6) is 3.35. The highest BCUT2D eigenvalue weighted by atomic mass is 16.2. The fourth-order valence-corrected chi connectivity index (χ4v) is 4.10. The number of aromatic nitrogens is 3. The molecular weight excluding hydrogens is 352 g/mol. The van der Waals surface area contributed by atoms with Gasteiger partial charge in [0.1, 0.15) is 5.82 Å². The molecule has 1 N–H and O–H groups in total. The number of anilines is 3. The van der Waals surface area contributed by atoms with Crippen LogP contribution in [0.15, 0.2) is 36.5 Å². The van der Waals surface area contributed by atoms with Gasteiger partial charge in [0.15, 0.2) is 11.6 Å². The minimum Gasteiger partial charge on any atom is -0.352 e. The quantitative estimate of drug-likeness (QED) is 0.829. The monoisotopic (exact) mass is 380 g/mol. The number of carbonyl (C=O) groups is 1. The molecule has 3 heterocycles. The molecule has 0 radical (unpaired) electrons. The molecule has 1 aliphatic heterocycles. The van der Waals surface area contributed by atoms with Gasteiger partial charge < -0.3 is 15.1 Å². The standard InChI is InChI=1S/C21H28N6O/c28-21(11-8-17-5-1-2-6-17)27-15-13-26(14-16-27)20-10-9-19(24-25-20)23-18-7-3-4-12-22-18/h3-4,7,9-10,12,17H,1-2,5-6,8,11,13-16H2,(H,22,23,24). The first-order valence-corrected chi connectivity index (χ1v) is 10.3. The minimum absolute atomic E-state index is 0.313. The second-order valence-electron chi connectivity index (χ2n) is 7.67. The zero-order valence-electron chi connectivity index (χ0n) is 16.3. The van der Waals surface area contributed by atoms with Gasteiger partial charge in [-0.05, 0) is 36.6 Å². The normalized spacial score (nSPS) is 17.7. The lowest BCUT2D eigenvalue weighted by molar-refractivity contribution is -0.131. The van der Waals surface area contributed by atoms with Gasteiger partial charge in [0.05, 0.1) is 0 Å². The van der Waals surface area contributed by atoms with E-state index in [2.05, 4.69) is 25.4 Å². The average molecular weight is 380 g/mol. The third-order valence-corrected chi connectivity index (χ3v) is 5.77. The summed E-state index contributed by atoms with van der Waals surface area (Å²) in [6.07, 6.45) is 8.81. The molecule has 1 amide bonds. The maximum Gasteiger partial charge on any atom is 0.222 e. The zero-order valence-corrected chi connectivity index (χ0v) is 16.3. The van der Waals surface area contributed by atoms with E-state index in [1.54, 1.807) is 6.20 Å². The second kappa shape index (κ2) is 8.99. The molecule has 0 aromatic carbocycles. The van der Waals surface area contributed by atoms with E-state index in [1.165, 1.54) is 25.7 Å². The molecule has 2 aromatic rings. The van der Waals surface area contributed by atoms with Gasteiger partial charge in [0, 0.05) is 38.8 Å². The number of nitrogens with one attached hydrogen (secondary N) is 1. The Bertz CT molecular complexity index is 752. The number of piperazine rings is 1. The van der Waals surface area contributed by atoms with Crippen LogP contribution >= 0.6 is 0 Å². The average Bonchev–Trinajstić information content (AvgIpc) is 3.27. The number of amides is 1. The maximum atomic E-state index is 12.5. The highest BCUT2D eigenvalue weighted by Gasteiger charge is 2.23. The minimum atomic E-state index is 0.313. The van der Waals surface area contributed by atoms with Gasteiger partial charge in [-0.1, -0.05) is 31.7 Å². The lowest BCUT2D eigenvalue weighted by Crippen LogP contribution is -2.49. The fraction of sp³-hybridized carbons (Fsp3) is 0.524. The lowest BCUT2D eigenvalue weighted by Gasteiger charge is -2.35. The van der Waals surface area contributed by atoms with E-state index in [9.17, 15) is 4.79 Å². The van der Waals surface area contributed by atoms with Gasteiger partial charge in [-0.2, -0.15) is 0 Å². The van der Waals surface area contributed by atoms with Crippen molar-refractivity contribution in [3.8, 4) is 0 Å². The van der Waals surface area contributed by atoms with E-state index in [1.807, 2.05) is 35.2 Å². The number of nitrogens with zero attached hydrogens (tertiary/aromatic N) is 5. The summed E-state index contributed by atoms with van der Waals surface area (Å²) < 4.78 is 0. The van der Waals surface area contributed by atoms with Crippen LogP contribution in [-0.2, 0) is 4.79 Å². The number of carbonyl (C=O) groups excluding carboxylic acids is 1. The number of pyridine rings is 1. The van der Waals surface area contributed by atoms with Crippen molar-refractivity contribution < 1.29 is 4.79 Å². The zero-order chi connectivity index (χ0) is 19.2. The second-order valence-corrected chi connectivity index (χ2v) is 7.67. The number of hydrogen-bond acceptors (Lipinski definition) is 6. The number of hydrogen-bond donors (Lipinski definition) is 1. The van der Waals surface area contributed by atoms with Gasteiger partial charge >= 0.3 is 0 Å². The van der Waals surface area contributed by atoms with E-state index in [0.717, 1.165) is 50.2 Å². The van der Waals surface area contributed by atoms with Gasteiger partial charge in [-0.15, -0.1) is 10.2 Å². The van der Waals surface area contributed by atoms with Crippen LogP contribution in [0.1, 0.15) is 38.5 Å². The van der Waals surface area contributed by atoms with Crippen LogP contribution in [0.3, 0.4) is 0 Å². The molecule has 148 valence electrons. The molecule has 2 aromatic heterocycles. The van der Waals surface area contributed by atoms with Crippen molar-refractivity contribution in [1.82, 2.24) is 20.1 Å². The molecule has 1 saturated heterocycles. The summed E-state index contributed by atoms with van der Waals surface area (Å²) in [6, 6.07) is 9.56. The summed E-state index contributed by atoms with van der Waals surface area (Å²) in [6.45, 7) is 3.13. The largest absolute Gasteiger partial charge is 0.352 e. The summed E-state index contributed by atoms with van der Waals surface area (Å²) in [7, 11) is 0. The van der Waals surface area contributed by atoms with Crippen LogP contribution in [0.25, 0.3) is 0 Å². The van der Waals surface area contributed by atoms with Crippen molar-refractivity contribution in [3.05, 3.63) is 36.5 Å². The molecule has 0 unspecified atom stereocenters. The van der Waals surface area contributed by atoms with Crippen LogP contribution in [0.2, 0.25) is 0 Å². The van der Waals surface area contributed by atoms with Crippen molar-refractivity contribution in [2.45, 2.75) is 38.5 Å². The third kappa shape index (κ3) is 4.77. The summed E-state index contributed by atoms with van der Waals surface area (Å²) in [5.41, 5.74) is 0. The molecule has 7 nitrogen and oxygen atoms in total. The lowest BCUT2D eigenvalue weighted by atomic mass is 10.0. The molecule has 7 heteroatoms. The highest BCUT2D eigenvalue weighted by molar-refractivity contribution is 5.76. The van der Waals surface area contributed by atoms with Crippen LogP contribution in [0.4, 0.5) is 17.5 Å². The molecule has 0 atom stereocenters. The molecule has 2 aliphatic rings. The molecule has 28 heavy (non-hydrogen) atoms. The number of rotatable bonds is 6. The molecule has 1 saturated carbocycles. The SMILES string of the molecule is O=C(CCC1CCCC1)N1CCN(c2ccc(Nc3ccccn3)nn2)CC1. The summed E-state index contributed by atoms with van der Waals surface area (Å²) >= 11 is 0. The Hall–Kier alpha value is -2.70. The van der Waals surface area contributed by atoms with Crippen molar-refractivity contribution in [1.29, 1.82) is 0 Å². The van der Waals surface area contributed by atoms with Gasteiger partial charge in [-0.3, -0.25) is 4.79 Å². The van der Waals surface area contributed by atoms with Crippen LogP contribution < -0.4 is 10.2 Å². The fourth-order valence-electron chi connectivity index (χ4n) is 4.10. The molecule has 0 spiro atoms. The molecular formula is C21H28N6O. The first-order valence-electron chi connectivity index (χ1n) is 10.3. The molecule has 2 fully saturated rings. The van der Waals surface area contributed by atoms with Crippen LogP contribution in [0.5, 0.6) is 0 Å². The molecule has 4 rings (SSSR count). The molecule has 1 aliphatic carbocycles. The van der Waals surface area contributed by atoms with Crippen LogP contribution in [-0.4, -0.2) is 52.2 Å². The Balaban J connectivity index is 1.24. The third-order valence-electron chi connectivity index (χ3n) is 5.77. The van der Waals surface area contributed by atoms with E-state index in [4.69, 9.17) is 0 Å². The van der Waals surface area contributed by atoms with E-state index < -0.39 is 0 Å². The first kappa shape index (κ1) is 18.7. The van der Waals surface area contributed by atoms with Crippen molar-refractivity contribution in [2.75, 3.05) is 36.4 Å². The van der Waals surface area contributed by atoms with Crippen molar-refractivity contribution in [2.24, 2.45) is 5.92 Å². The van der Waals surface area contributed by atoms with E-state index >= 15 is 0 Å². The van der Waals surface area contributed by atoms with Gasteiger partial charge in [-0.25, -0.2) is 4.98 Å². The summed E-state index contributed by atoms with van der Waals surface area (Å²) in [5, 5.41) is 11.7. The highest BCUT2D eigenvalue weighted by Crippen LogP contribution is 2.28. The molecule has 0 bridgehead atoms. The Morgan fingerprint density at radius 3 is 2.50 bits per heavy atom. The Kier molecular flexibility index (Phi) is 5.99. The van der Waals surface area contributed by atoms with Gasteiger partial charge in [0.2, 0.25) is 5.91 Å². The van der Waals surface area contributed by atoms with Gasteiger partial charge in [0.25, 0.3) is 0 Å². The topological polar surface area (TPSA) is 74.2 Å². The maximum absolute atomic E-state index is 12.5. The smallest absolute Gasteiger partial charge is 0.222 e. The van der Waals surface area contributed by atoms with Crippen molar-refractivity contribution in [3.63, 3.8) is 0 Å². The Labute approximate surface area is 166 Å². The Morgan fingerprint density at radius 1 is 1.00 bits per heavy atom. The van der Waals surface area contributed by atoms with Crippen molar-refractivity contribution >= 4 is 23.4 Å². The van der Waals surface area contributed by atoms with E-state index in [-0.39, 0.29) is 0 Å². The van der Waals surface area contributed by atoms with E-state index in [0.29, 0.717) is 18.1 Å². The predicted octanol–water partition coefficient (Wildman–Crippen LogP) is 3.23. The van der Waals surface area contributed by atoms with Crippen LogP contribution in [0, 0.1) is 5.92 Å². The Morgan fingerprint density at radius 2 is 1.82 bits per heavy atom. The first-order chi connectivity index (χ1) is 13.8. The predicted molar refractivity (Wildman–Crippen MR) is 110 cm³/mol. The summed E-state index contributed by atoms with van der Waals surface area (Å²) in [4.78, 5) is 20.9.